The van der Waals surface area contributed by atoms with Gasteiger partial charge in [-0.05, 0) is 18.2 Å². The summed E-state index contributed by atoms with van der Waals surface area (Å²) in [4.78, 5) is 15.4. The number of nitrogens with one attached hydrogen (secondary N) is 1. The maximum atomic E-state index is 13.8. The lowest BCUT2D eigenvalue weighted by Crippen LogP contribution is -2.19. The molecule has 0 bridgehead atoms. The minimum absolute atomic E-state index is 0.0358. The summed E-state index contributed by atoms with van der Waals surface area (Å²) in [6.45, 7) is -0.0800. The van der Waals surface area contributed by atoms with Gasteiger partial charge in [0.2, 0.25) is 5.91 Å². The Morgan fingerprint density at radius 3 is 3.00 bits per heavy atom. The molecule has 2 rings (SSSR count). The number of aromatic nitrogens is 3. The van der Waals surface area contributed by atoms with E-state index in [9.17, 15) is 9.18 Å². The second kappa shape index (κ2) is 7.17. The summed E-state index contributed by atoms with van der Waals surface area (Å²) in [5.41, 5.74) is 0.558. The standard InChI is InChI=1S/C14H13FN4O2/c15-12-7-11(3-1-2-6-20)4-5-13(12)18-14(21)8-19-10-16-9-17-19/h4-5,7,9-10,20H,2,6,8H2,(H,18,21). The number of anilines is 1. The Balaban J connectivity index is 2.01. The number of carbonyl (C=O) groups excluding carboxylic acids is 1. The fraction of sp³-hybridized carbons (Fsp3) is 0.214. The van der Waals surface area contributed by atoms with Crippen molar-refractivity contribution >= 4 is 11.6 Å². The van der Waals surface area contributed by atoms with Crippen LogP contribution in [-0.2, 0) is 11.3 Å². The second-order valence-electron chi connectivity index (χ2n) is 4.11. The first-order valence-electron chi connectivity index (χ1n) is 6.20. The van der Waals surface area contributed by atoms with Crippen LogP contribution in [0.2, 0.25) is 0 Å². The number of hydrogen-bond acceptors (Lipinski definition) is 4. The molecule has 0 fully saturated rings. The van der Waals surface area contributed by atoms with Crippen molar-refractivity contribution in [1.29, 1.82) is 0 Å². The first-order chi connectivity index (χ1) is 10.2. The summed E-state index contributed by atoms with van der Waals surface area (Å²) in [6, 6.07) is 4.27. The van der Waals surface area contributed by atoms with Crippen molar-refractivity contribution in [3.8, 4) is 11.8 Å². The number of rotatable bonds is 4. The van der Waals surface area contributed by atoms with E-state index < -0.39 is 11.7 Å². The first kappa shape index (κ1) is 14.7. The van der Waals surface area contributed by atoms with Crippen molar-refractivity contribution in [2.45, 2.75) is 13.0 Å². The molecule has 0 spiro atoms. The van der Waals surface area contributed by atoms with Crippen LogP contribution in [0, 0.1) is 17.7 Å². The number of aliphatic hydroxyl groups excluding tert-OH is 1. The monoisotopic (exact) mass is 288 g/mol. The SMILES string of the molecule is O=C(Cn1cncn1)Nc1ccc(C#CCCO)cc1F. The van der Waals surface area contributed by atoms with Crippen LogP contribution in [0.25, 0.3) is 0 Å². The Kier molecular flexibility index (Phi) is 5.01. The average Bonchev–Trinajstić information content (AvgIpc) is 2.95. The highest BCUT2D eigenvalue weighted by Crippen LogP contribution is 2.15. The smallest absolute Gasteiger partial charge is 0.246 e. The van der Waals surface area contributed by atoms with Crippen LogP contribution in [-0.4, -0.2) is 32.4 Å². The van der Waals surface area contributed by atoms with E-state index in [1.807, 2.05) is 0 Å². The molecular formula is C14H13FN4O2. The summed E-state index contributed by atoms with van der Waals surface area (Å²) in [7, 11) is 0. The molecule has 0 aliphatic heterocycles. The normalized spacial score (nSPS) is 9.81. The molecular weight excluding hydrogens is 275 g/mol. The van der Waals surface area contributed by atoms with Gasteiger partial charge in [0.1, 0.15) is 25.0 Å². The minimum atomic E-state index is -0.572. The van der Waals surface area contributed by atoms with E-state index in [4.69, 9.17) is 5.11 Å². The van der Waals surface area contributed by atoms with Crippen molar-refractivity contribution in [2.75, 3.05) is 11.9 Å². The van der Waals surface area contributed by atoms with Gasteiger partial charge in [-0.3, -0.25) is 4.79 Å². The number of carbonyl (C=O) groups is 1. The van der Waals surface area contributed by atoms with E-state index >= 15 is 0 Å². The van der Waals surface area contributed by atoms with E-state index in [0.29, 0.717) is 12.0 Å². The summed E-state index contributed by atoms with van der Waals surface area (Å²) in [5, 5.41) is 14.9. The number of benzene rings is 1. The maximum absolute atomic E-state index is 13.8. The van der Waals surface area contributed by atoms with E-state index in [-0.39, 0.29) is 18.8 Å². The third kappa shape index (κ3) is 4.40. The van der Waals surface area contributed by atoms with Gasteiger partial charge in [0.15, 0.2) is 0 Å². The van der Waals surface area contributed by atoms with Crippen LogP contribution >= 0.6 is 0 Å². The van der Waals surface area contributed by atoms with Gasteiger partial charge in [-0.25, -0.2) is 14.1 Å². The second-order valence-corrected chi connectivity index (χ2v) is 4.11. The molecule has 108 valence electrons. The largest absolute Gasteiger partial charge is 0.395 e. The predicted octanol–water partition coefficient (Wildman–Crippen LogP) is 0.790. The van der Waals surface area contributed by atoms with Gasteiger partial charge < -0.3 is 10.4 Å². The van der Waals surface area contributed by atoms with Gasteiger partial charge in [0, 0.05) is 12.0 Å². The topological polar surface area (TPSA) is 80.0 Å². The van der Waals surface area contributed by atoms with Crippen LogP contribution < -0.4 is 5.32 Å². The predicted molar refractivity (Wildman–Crippen MR) is 73.6 cm³/mol. The van der Waals surface area contributed by atoms with Crippen molar-refractivity contribution in [1.82, 2.24) is 14.8 Å². The number of nitrogens with zero attached hydrogens (tertiary/aromatic N) is 3. The fourth-order valence-electron chi connectivity index (χ4n) is 1.57. The Morgan fingerprint density at radius 1 is 1.48 bits per heavy atom. The van der Waals surface area contributed by atoms with Gasteiger partial charge >= 0.3 is 0 Å². The Morgan fingerprint density at radius 2 is 2.33 bits per heavy atom. The zero-order valence-corrected chi connectivity index (χ0v) is 11.1. The minimum Gasteiger partial charge on any atom is -0.395 e. The zero-order chi connectivity index (χ0) is 15.1. The summed E-state index contributed by atoms with van der Waals surface area (Å²) in [5.74, 6) is 4.44. The Labute approximate surface area is 120 Å². The van der Waals surface area contributed by atoms with Gasteiger partial charge in [0.25, 0.3) is 0 Å². The summed E-state index contributed by atoms with van der Waals surface area (Å²) < 4.78 is 15.2. The third-order valence-electron chi connectivity index (χ3n) is 2.48. The van der Waals surface area contributed by atoms with E-state index in [1.165, 1.54) is 29.5 Å². The average molecular weight is 288 g/mol. The molecule has 0 aliphatic rings. The molecule has 1 amide bonds. The van der Waals surface area contributed by atoms with Crippen LogP contribution in [0.5, 0.6) is 0 Å². The van der Waals surface area contributed by atoms with E-state index in [1.54, 1.807) is 6.07 Å². The van der Waals surface area contributed by atoms with Gasteiger partial charge in [-0.1, -0.05) is 11.8 Å². The molecule has 6 nitrogen and oxygen atoms in total. The molecule has 2 aromatic rings. The zero-order valence-electron chi connectivity index (χ0n) is 11.1. The molecule has 7 heteroatoms. The quantitative estimate of drug-likeness (QED) is 0.815. The lowest BCUT2D eigenvalue weighted by Gasteiger charge is -2.06. The van der Waals surface area contributed by atoms with Crippen LogP contribution in [0.4, 0.5) is 10.1 Å². The van der Waals surface area contributed by atoms with Gasteiger partial charge in [-0.2, -0.15) is 5.10 Å². The molecule has 0 aliphatic carbocycles. The Bertz CT molecular complexity index is 674. The highest BCUT2D eigenvalue weighted by Gasteiger charge is 2.08. The molecule has 0 unspecified atom stereocenters. The number of amides is 1. The van der Waals surface area contributed by atoms with Crippen molar-refractivity contribution in [3.05, 3.63) is 42.2 Å². The molecule has 0 radical (unpaired) electrons. The number of halogens is 1. The first-order valence-corrected chi connectivity index (χ1v) is 6.20. The molecule has 0 saturated heterocycles. The molecule has 1 heterocycles. The van der Waals surface area contributed by atoms with Crippen molar-refractivity contribution < 1.29 is 14.3 Å². The Hall–Kier alpha value is -2.72. The maximum Gasteiger partial charge on any atom is 0.246 e. The fourth-order valence-corrected chi connectivity index (χ4v) is 1.57. The number of aliphatic hydroxyl groups is 1. The van der Waals surface area contributed by atoms with Crippen molar-refractivity contribution in [3.63, 3.8) is 0 Å². The molecule has 21 heavy (non-hydrogen) atoms. The van der Waals surface area contributed by atoms with Crippen LogP contribution in [0.3, 0.4) is 0 Å². The lowest BCUT2D eigenvalue weighted by molar-refractivity contribution is -0.116. The summed E-state index contributed by atoms with van der Waals surface area (Å²) >= 11 is 0. The highest BCUT2D eigenvalue weighted by molar-refractivity contribution is 5.90. The van der Waals surface area contributed by atoms with E-state index in [0.717, 1.165) is 0 Å². The van der Waals surface area contributed by atoms with Crippen molar-refractivity contribution in [2.24, 2.45) is 0 Å². The number of hydrogen-bond donors (Lipinski definition) is 2. The molecule has 2 N–H and O–H groups in total. The molecule has 1 aromatic heterocycles. The van der Waals surface area contributed by atoms with E-state index in [2.05, 4.69) is 27.2 Å². The van der Waals surface area contributed by atoms with Gasteiger partial charge in [-0.15, -0.1) is 0 Å². The van der Waals surface area contributed by atoms with Crippen LogP contribution in [0.1, 0.15) is 12.0 Å². The highest BCUT2D eigenvalue weighted by atomic mass is 19.1. The lowest BCUT2D eigenvalue weighted by atomic mass is 10.2. The van der Waals surface area contributed by atoms with Crippen LogP contribution in [0.15, 0.2) is 30.9 Å². The molecule has 0 atom stereocenters. The summed E-state index contributed by atoms with van der Waals surface area (Å²) in [6.07, 6.45) is 3.04. The van der Waals surface area contributed by atoms with Gasteiger partial charge in [0.05, 0.1) is 12.3 Å². The third-order valence-corrected chi connectivity index (χ3v) is 2.48. The molecule has 1 aromatic carbocycles. The molecule has 0 saturated carbocycles.